The Hall–Kier alpha value is -1.06. The van der Waals surface area contributed by atoms with Crippen LogP contribution in [-0.2, 0) is 14.3 Å². The first-order valence-corrected chi connectivity index (χ1v) is 5.00. The van der Waals surface area contributed by atoms with Gasteiger partial charge in [-0.1, -0.05) is 6.92 Å². The molecule has 14 heavy (non-hydrogen) atoms. The standard InChI is InChI=1S/C10H17NO3/c1-4-9(12)11-7(2)5-6-8(11)10(13)14-3/h7-8H,4-6H2,1-3H3/t7-,8?/m0/s1. The molecule has 1 rings (SSSR count). The molecule has 2 atom stereocenters. The smallest absolute Gasteiger partial charge is 0.328 e. The van der Waals surface area contributed by atoms with Gasteiger partial charge in [0.25, 0.3) is 0 Å². The highest BCUT2D eigenvalue weighted by Gasteiger charge is 2.38. The van der Waals surface area contributed by atoms with E-state index >= 15 is 0 Å². The molecule has 0 aromatic carbocycles. The lowest BCUT2D eigenvalue weighted by Gasteiger charge is -2.26. The first-order valence-electron chi connectivity index (χ1n) is 5.00. The monoisotopic (exact) mass is 199 g/mol. The maximum Gasteiger partial charge on any atom is 0.328 e. The second-order valence-electron chi connectivity index (χ2n) is 3.62. The lowest BCUT2D eigenvalue weighted by atomic mass is 10.2. The van der Waals surface area contributed by atoms with Crippen LogP contribution in [0.4, 0.5) is 0 Å². The van der Waals surface area contributed by atoms with Crippen LogP contribution in [-0.4, -0.2) is 36.0 Å². The lowest BCUT2D eigenvalue weighted by molar-refractivity contribution is -0.151. The van der Waals surface area contributed by atoms with Crippen molar-refractivity contribution in [2.24, 2.45) is 0 Å². The molecule has 0 radical (unpaired) electrons. The van der Waals surface area contributed by atoms with E-state index in [1.54, 1.807) is 4.90 Å². The maximum absolute atomic E-state index is 11.6. The van der Waals surface area contributed by atoms with Crippen molar-refractivity contribution < 1.29 is 14.3 Å². The molecule has 0 N–H and O–H groups in total. The molecule has 1 amide bonds. The predicted molar refractivity (Wildman–Crippen MR) is 51.6 cm³/mol. The van der Waals surface area contributed by atoms with Crippen LogP contribution in [0.2, 0.25) is 0 Å². The Labute approximate surface area is 84.2 Å². The Bertz CT molecular complexity index is 240. The van der Waals surface area contributed by atoms with E-state index in [-0.39, 0.29) is 24.0 Å². The number of carbonyl (C=O) groups excluding carboxylic acids is 2. The molecule has 1 aliphatic heterocycles. The van der Waals surface area contributed by atoms with Crippen LogP contribution in [0.3, 0.4) is 0 Å². The number of hydrogen-bond acceptors (Lipinski definition) is 3. The third-order valence-corrected chi connectivity index (χ3v) is 2.73. The van der Waals surface area contributed by atoms with Crippen LogP contribution in [0.1, 0.15) is 33.1 Å². The van der Waals surface area contributed by atoms with Crippen molar-refractivity contribution in [1.29, 1.82) is 0 Å². The largest absolute Gasteiger partial charge is 0.467 e. The van der Waals surface area contributed by atoms with Crippen LogP contribution in [0.25, 0.3) is 0 Å². The summed E-state index contributed by atoms with van der Waals surface area (Å²) in [5, 5.41) is 0. The summed E-state index contributed by atoms with van der Waals surface area (Å²) < 4.78 is 4.67. The molecule has 0 aliphatic carbocycles. The minimum Gasteiger partial charge on any atom is -0.467 e. The fraction of sp³-hybridized carbons (Fsp3) is 0.800. The zero-order valence-corrected chi connectivity index (χ0v) is 8.95. The third kappa shape index (κ3) is 1.89. The van der Waals surface area contributed by atoms with E-state index in [0.717, 1.165) is 12.8 Å². The summed E-state index contributed by atoms with van der Waals surface area (Å²) in [6.07, 6.45) is 2.04. The van der Waals surface area contributed by atoms with Gasteiger partial charge >= 0.3 is 5.97 Å². The number of ether oxygens (including phenoxy) is 1. The molecule has 0 aromatic rings. The molecule has 0 aromatic heterocycles. The molecule has 4 nitrogen and oxygen atoms in total. The number of hydrogen-bond donors (Lipinski definition) is 0. The number of methoxy groups -OCH3 is 1. The number of esters is 1. The zero-order valence-electron chi connectivity index (χ0n) is 8.95. The van der Waals surface area contributed by atoms with E-state index in [1.807, 2.05) is 13.8 Å². The molecule has 4 heteroatoms. The molecule has 0 saturated carbocycles. The maximum atomic E-state index is 11.6. The van der Waals surface area contributed by atoms with Gasteiger partial charge in [-0.2, -0.15) is 0 Å². The number of rotatable bonds is 2. The minimum atomic E-state index is -0.359. The lowest BCUT2D eigenvalue weighted by Crippen LogP contribution is -2.44. The van der Waals surface area contributed by atoms with Crippen molar-refractivity contribution in [3.63, 3.8) is 0 Å². The van der Waals surface area contributed by atoms with E-state index < -0.39 is 0 Å². The Morgan fingerprint density at radius 3 is 2.57 bits per heavy atom. The van der Waals surface area contributed by atoms with Crippen LogP contribution >= 0.6 is 0 Å². The average molecular weight is 199 g/mol. The Morgan fingerprint density at radius 1 is 1.43 bits per heavy atom. The van der Waals surface area contributed by atoms with Crippen LogP contribution < -0.4 is 0 Å². The number of carbonyl (C=O) groups is 2. The summed E-state index contributed by atoms with van der Waals surface area (Å²) in [6, 6.07) is -0.200. The molecule has 1 heterocycles. The van der Waals surface area contributed by atoms with Crippen LogP contribution in [0.15, 0.2) is 0 Å². The second kappa shape index (κ2) is 4.44. The van der Waals surface area contributed by atoms with Gasteiger partial charge in [0.15, 0.2) is 0 Å². The summed E-state index contributed by atoms with van der Waals surface area (Å²) in [5.41, 5.74) is 0. The van der Waals surface area contributed by atoms with Crippen molar-refractivity contribution in [2.75, 3.05) is 7.11 Å². The predicted octanol–water partition coefficient (Wildman–Crippen LogP) is 0.949. The molecule has 1 saturated heterocycles. The first kappa shape index (κ1) is 11.0. The Morgan fingerprint density at radius 2 is 2.07 bits per heavy atom. The molecular weight excluding hydrogens is 182 g/mol. The Balaban J connectivity index is 2.76. The summed E-state index contributed by atoms with van der Waals surface area (Å²) in [6.45, 7) is 3.78. The average Bonchev–Trinajstić information content (AvgIpc) is 2.58. The second-order valence-corrected chi connectivity index (χ2v) is 3.62. The van der Waals surface area contributed by atoms with Crippen LogP contribution in [0.5, 0.6) is 0 Å². The molecule has 0 bridgehead atoms. The molecule has 80 valence electrons. The van der Waals surface area contributed by atoms with Gasteiger partial charge in [-0.15, -0.1) is 0 Å². The summed E-state index contributed by atoms with van der Waals surface area (Å²) >= 11 is 0. The van der Waals surface area contributed by atoms with Gasteiger partial charge in [0.2, 0.25) is 5.91 Å². The highest BCUT2D eigenvalue weighted by Crippen LogP contribution is 2.25. The Kier molecular flexibility index (Phi) is 3.49. The highest BCUT2D eigenvalue weighted by atomic mass is 16.5. The normalized spacial score (nSPS) is 26.4. The molecule has 1 unspecified atom stereocenters. The fourth-order valence-electron chi connectivity index (χ4n) is 1.95. The topological polar surface area (TPSA) is 46.6 Å². The van der Waals surface area contributed by atoms with E-state index in [2.05, 4.69) is 4.74 Å². The van der Waals surface area contributed by atoms with Gasteiger partial charge in [-0.3, -0.25) is 4.79 Å². The molecule has 1 fully saturated rings. The van der Waals surface area contributed by atoms with Gasteiger partial charge in [-0.05, 0) is 19.8 Å². The van der Waals surface area contributed by atoms with Crippen molar-refractivity contribution >= 4 is 11.9 Å². The van der Waals surface area contributed by atoms with Crippen LogP contribution in [0, 0.1) is 0 Å². The van der Waals surface area contributed by atoms with Gasteiger partial charge in [0, 0.05) is 12.5 Å². The minimum absolute atomic E-state index is 0.0328. The molecule has 0 spiro atoms. The molecule has 1 aliphatic rings. The number of amides is 1. The van der Waals surface area contributed by atoms with Gasteiger partial charge in [0.1, 0.15) is 6.04 Å². The van der Waals surface area contributed by atoms with Crippen molar-refractivity contribution in [3.05, 3.63) is 0 Å². The van der Waals surface area contributed by atoms with E-state index in [1.165, 1.54) is 7.11 Å². The fourth-order valence-corrected chi connectivity index (χ4v) is 1.95. The third-order valence-electron chi connectivity index (χ3n) is 2.73. The van der Waals surface area contributed by atoms with Crippen molar-refractivity contribution in [1.82, 2.24) is 4.90 Å². The summed E-state index contributed by atoms with van der Waals surface area (Å²) in [5.74, 6) is -0.262. The summed E-state index contributed by atoms with van der Waals surface area (Å²) in [4.78, 5) is 24.6. The first-order chi connectivity index (χ1) is 6.61. The summed E-state index contributed by atoms with van der Waals surface area (Å²) in [7, 11) is 1.36. The van der Waals surface area contributed by atoms with Crippen molar-refractivity contribution in [2.45, 2.75) is 45.2 Å². The van der Waals surface area contributed by atoms with Crippen molar-refractivity contribution in [3.8, 4) is 0 Å². The zero-order chi connectivity index (χ0) is 10.7. The number of likely N-dealkylation sites (tertiary alicyclic amines) is 1. The number of nitrogens with zero attached hydrogens (tertiary/aromatic N) is 1. The SMILES string of the molecule is CCC(=O)N1C(C(=O)OC)CC[C@@H]1C. The van der Waals surface area contributed by atoms with Gasteiger partial charge in [0.05, 0.1) is 7.11 Å². The van der Waals surface area contributed by atoms with E-state index in [4.69, 9.17) is 0 Å². The quantitative estimate of drug-likeness (QED) is 0.622. The van der Waals surface area contributed by atoms with E-state index in [0.29, 0.717) is 6.42 Å². The molecular formula is C10H17NO3. The van der Waals surface area contributed by atoms with E-state index in [9.17, 15) is 9.59 Å². The van der Waals surface area contributed by atoms with Gasteiger partial charge < -0.3 is 9.64 Å². The highest BCUT2D eigenvalue weighted by molar-refractivity contribution is 5.85. The van der Waals surface area contributed by atoms with Gasteiger partial charge in [-0.25, -0.2) is 4.79 Å².